The van der Waals surface area contributed by atoms with Gasteiger partial charge in [-0.05, 0) is 13.8 Å². The second-order valence-electron chi connectivity index (χ2n) is 1.92. The smallest absolute Gasteiger partial charge is 1.00 e. The maximum atomic E-state index is 9.96. The molecule has 0 radical (unpaired) electrons. The van der Waals surface area contributed by atoms with E-state index in [4.69, 9.17) is 9.66 Å². The van der Waals surface area contributed by atoms with Gasteiger partial charge in [0.15, 0.2) is 4.93 Å². The fourth-order valence-corrected chi connectivity index (χ4v) is 0. The second-order valence-corrected chi connectivity index (χ2v) is 3.87. The van der Waals surface area contributed by atoms with E-state index in [2.05, 4.69) is 0 Å². The van der Waals surface area contributed by atoms with Crippen molar-refractivity contribution >= 4 is 47.9 Å². The Morgan fingerprint density at radius 2 is 1.50 bits per heavy atom. The Hall–Kier alpha value is 1.09. The molecular weight excluding hydrogens is 188 g/mol. The molecule has 0 heterocycles. The first kappa shape index (κ1) is 17.3. The third-order valence-electron chi connectivity index (χ3n) is 0.631. The average Bonchev–Trinajstić information content (AvgIpc) is 1.25. The zero-order valence-corrected chi connectivity index (χ0v) is 8.85. The van der Waals surface area contributed by atoms with Gasteiger partial charge in [-0.3, -0.25) is 4.55 Å². The molecule has 0 saturated carbocycles. The van der Waals surface area contributed by atoms with Crippen molar-refractivity contribution in [3.63, 3.8) is 0 Å². The van der Waals surface area contributed by atoms with Gasteiger partial charge in [0.1, 0.15) is 0 Å². The number of aliphatic hydroxyl groups is 1. The van der Waals surface area contributed by atoms with Crippen LogP contribution in [0.2, 0.25) is 0 Å². The summed E-state index contributed by atoms with van der Waals surface area (Å²) in [4.78, 5) is -2.03. The van der Waals surface area contributed by atoms with Crippen LogP contribution in [-0.4, -0.2) is 66.2 Å². The van der Waals surface area contributed by atoms with Crippen LogP contribution in [0.25, 0.3) is 0 Å². The van der Waals surface area contributed by atoms with Gasteiger partial charge in [-0.1, -0.05) is 0 Å². The summed E-state index contributed by atoms with van der Waals surface area (Å²) in [5.74, 6) is 0. The Morgan fingerprint density at radius 1 is 1.40 bits per heavy atom. The van der Waals surface area contributed by atoms with Crippen LogP contribution in [0.4, 0.5) is 0 Å². The van der Waals surface area contributed by atoms with Gasteiger partial charge >= 0.3 is 37.7 Å². The van der Waals surface area contributed by atoms with Crippen molar-refractivity contribution in [1.82, 2.24) is 0 Å². The third kappa shape index (κ3) is 5.84. The molecule has 0 aliphatic heterocycles. The number of rotatable bonds is 1. The van der Waals surface area contributed by atoms with E-state index in [1.165, 1.54) is 0 Å². The molecule has 4 N–H and O–H groups in total. The zero-order valence-electron chi connectivity index (χ0n) is 7.83. The SMILES string of the molecule is CC(C)(O)S(=O)(=O)O.O.[Ca+2].[H-].[H-]. The van der Waals surface area contributed by atoms with E-state index in [0.717, 1.165) is 13.8 Å². The predicted molar refractivity (Wildman–Crippen MR) is 39.4 cm³/mol. The topological polar surface area (TPSA) is 106 Å². The van der Waals surface area contributed by atoms with Gasteiger partial charge < -0.3 is 13.4 Å². The van der Waals surface area contributed by atoms with Gasteiger partial charge in [0.25, 0.3) is 10.1 Å². The minimum Gasteiger partial charge on any atom is -1.00 e. The molecule has 0 amide bonds. The van der Waals surface area contributed by atoms with Gasteiger partial charge in [-0.25, -0.2) is 0 Å². The maximum Gasteiger partial charge on any atom is 2.00 e. The van der Waals surface area contributed by atoms with E-state index in [9.17, 15) is 8.42 Å². The van der Waals surface area contributed by atoms with Gasteiger partial charge in [-0.15, -0.1) is 0 Å². The summed E-state index contributed by atoms with van der Waals surface area (Å²) in [6.07, 6.45) is 0. The Kier molecular flexibility index (Phi) is 8.39. The van der Waals surface area contributed by atoms with Crippen LogP contribution in [-0.2, 0) is 10.1 Å². The van der Waals surface area contributed by atoms with Crippen LogP contribution in [0.5, 0.6) is 0 Å². The monoisotopic (exact) mass is 200 g/mol. The Balaban J connectivity index is -0.0000000408. The summed E-state index contributed by atoms with van der Waals surface area (Å²) < 4.78 is 28.0. The largest absolute Gasteiger partial charge is 2.00 e. The van der Waals surface area contributed by atoms with Gasteiger partial charge in [0, 0.05) is 0 Å². The summed E-state index contributed by atoms with van der Waals surface area (Å²) in [7, 11) is -4.28. The molecular formula is C3H12CaO5S. The number of hydrogen-bond acceptors (Lipinski definition) is 3. The van der Waals surface area contributed by atoms with Crippen molar-refractivity contribution in [2.45, 2.75) is 18.8 Å². The minimum absolute atomic E-state index is 0. The summed E-state index contributed by atoms with van der Waals surface area (Å²) in [5.41, 5.74) is 0. The van der Waals surface area contributed by atoms with E-state index in [0.29, 0.717) is 0 Å². The molecule has 5 nitrogen and oxygen atoms in total. The molecule has 0 aromatic heterocycles. The van der Waals surface area contributed by atoms with Crippen molar-refractivity contribution in [3.05, 3.63) is 0 Å². The van der Waals surface area contributed by atoms with Crippen molar-refractivity contribution in [1.29, 1.82) is 0 Å². The minimum atomic E-state index is -4.28. The molecule has 0 saturated heterocycles. The van der Waals surface area contributed by atoms with Crippen molar-refractivity contribution in [2.24, 2.45) is 0 Å². The second kappa shape index (κ2) is 4.87. The Labute approximate surface area is 92.5 Å². The van der Waals surface area contributed by atoms with E-state index in [1.807, 2.05) is 0 Å². The van der Waals surface area contributed by atoms with E-state index >= 15 is 0 Å². The molecule has 7 heteroatoms. The van der Waals surface area contributed by atoms with Crippen molar-refractivity contribution < 1.29 is 26.4 Å². The summed E-state index contributed by atoms with van der Waals surface area (Å²) >= 11 is 0. The normalized spacial score (nSPS) is 11.2. The zero-order chi connectivity index (χ0) is 7.00. The van der Waals surface area contributed by atoms with Crippen molar-refractivity contribution in [3.8, 4) is 0 Å². The Morgan fingerprint density at radius 3 is 1.50 bits per heavy atom. The summed E-state index contributed by atoms with van der Waals surface area (Å²) in [6.45, 7) is 1.98. The average molecular weight is 200 g/mol. The predicted octanol–water partition coefficient (Wildman–Crippen LogP) is -1.38. The van der Waals surface area contributed by atoms with Crippen LogP contribution < -0.4 is 0 Å². The van der Waals surface area contributed by atoms with Gasteiger partial charge in [0.05, 0.1) is 0 Å². The Bertz CT molecular complexity index is 174. The molecule has 62 valence electrons. The van der Waals surface area contributed by atoms with Crippen LogP contribution in [0.1, 0.15) is 16.7 Å². The van der Waals surface area contributed by atoms with E-state index < -0.39 is 15.1 Å². The fraction of sp³-hybridized carbons (Fsp3) is 1.00. The van der Waals surface area contributed by atoms with Crippen LogP contribution in [0.3, 0.4) is 0 Å². The fourth-order valence-electron chi connectivity index (χ4n) is 0. The molecule has 0 aliphatic rings. The van der Waals surface area contributed by atoms with Gasteiger partial charge in [-0.2, -0.15) is 8.42 Å². The molecule has 0 atom stereocenters. The molecule has 0 rings (SSSR count). The molecule has 0 aromatic carbocycles. The quantitative estimate of drug-likeness (QED) is 0.402. The molecule has 0 aliphatic carbocycles. The summed E-state index contributed by atoms with van der Waals surface area (Å²) in [6, 6.07) is 0. The van der Waals surface area contributed by atoms with E-state index in [-0.39, 0.29) is 46.1 Å². The summed E-state index contributed by atoms with van der Waals surface area (Å²) in [5, 5.41) is 8.52. The molecule has 0 spiro atoms. The molecule has 0 bridgehead atoms. The van der Waals surface area contributed by atoms with E-state index in [1.54, 1.807) is 0 Å². The maximum absolute atomic E-state index is 9.96. The molecule has 0 aromatic rings. The van der Waals surface area contributed by atoms with Crippen LogP contribution in [0.15, 0.2) is 0 Å². The first-order chi connectivity index (χ1) is 3.25. The first-order valence-corrected chi connectivity index (χ1v) is 3.38. The van der Waals surface area contributed by atoms with Gasteiger partial charge in [0.2, 0.25) is 0 Å². The molecule has 0 fully saturated rings. The number of hydrogen-bond donors (Lipinski definition) is 2. The van der Waals surface area contributed by atoms with Crippen LogP contribution in [0, 0.1) is 0 Å². The molecule has 10 heavy (non-hydrogen) atoms. The first-order valence-electron chi connectivity index (χ1n) is 1.94. The standard InChI is InChI=1S/C3H8O4S.Ca.H2O.2H/c1-3(2,4)8(5,6)7;;;;/h4H,1-2H3,(H,5,6,7);;1H2;;/q;+2;;2*-1. The third-order valence-corrected chi connectivity index (χ3v) is 1.89. The molecule has 0 unspecified atom stereocenters. The van der Waals surface area contributed by atoms with Crippen molar-refractivity contribution in [2.75, 3.05) is 0 Å². The van der Waals surface area contributed by atoms with Crippen LogP contribution >= 0.6 is 0 Å².